The number of hydrogen-bond acceptors (Lipinski definition) is 7. The third-order valence-electron chi connectivity index (χ3n) is 9.40. The van der Waals surface area contributed by atoms with Crippen molar-refractivity contribution < 1.29 is 19.4 Å². The first-order chi connectivity index (χ1) is 20.9. The molecule has 2 saturated heterocycles. The van der Waals surface area contributed by atoms with Crippen LogP contribution < -0.4 is 10.2 Å². The molecule has 1 atom stereocenters. The van der Waals surface area contributed by atoms with Crippen molar-refractivity contribution in [2.75, 3.05) is 64.4 Å². The first-order valence-electron chi connectivity index (χ1n) is 15.6. The molecule has 4 heterocycles. The number of aromatic nitrogens is 2. The van der Waals surface area contributed by atoms with E-state index in [4.69, 9.17) is 14.7 Å². The number of carbonyl (C=O) groups excluding carboxylic acids is 1. The first kappa shape index (κ1) is 29.3. The number of para-hydroxylation sites is 1. The van der Waals surface area contributed by atoms with Gasteiger partial charge in [0.2, 0.25) is 0 Å². The number of pyridine rings is 2. The number of ether oxygens (including phenoxy) is 1. The highest BCUT2D eigenvalue weighted by molar-refractivity contribution is 6.07. The fourth-order valence-corrected chi connectivity index (χ4v) is 6.65. The molecule has 228 valence electrons. The summed E-state index contributed by atoms with van der Waals surface area (Å²) >= 11 is 0. The predicted molar refractivity (Wildman–Crippen MR) is 166 cm³/mol. The zero-order chi connectivity index (χ0) is 29.8. The van der Waals surface area contributed by atoms with Gasteiger partial charge >= 0.3 is 6.09 Å². The third-order valence-corrected chi connectivity index (χ3v) is 9.40. The van der Waals surface area contributed by atoms with E-state index in [1.54, 1.807) is 4.90 Å². The number of amides is 2. The maximum atomic E-state index is 13.6. The number of nitrogens with zero attached hydrogens (tertiary/aromatic N) is 5. The number of anilines is 1. The largest absolute Gasteiger partial charge is 0.465 e. The molecule has 3 aliphatic rings. The van der Waals surface area contributed by atoms with Gasteiger partial charge in [-0.1, -0.05) is 18.2 Å². The molecule has 10 nitrogen and oxygen atoms in total. The number of nitrogens with one attached hydrogen (secondary N) is 1. The lowest BCUT2D eigenvalue weighted by Gasteiger charge is -2.33. The first-order valence-corrected chi connectivity index (χ1v) is 15.6. The molecular formula is C33H42N6O4. The second-order valence-electron chi connectivity index (χ2n) is 12.3. The van der Waals surface area contributed by atoms with Crippen molar-refractivity contribution in [1.29, 1.82) is 0 Å². The molecule has 2 N–H and O–H groups in total. The zero-order valence-electron chi connectivity index (χ0n) is 25.0. The normalized spacial score (nSPS) is 22.9. The van der Waals surface area contributed by atoms with Gasteiger partial charge in [-0.25, -0.2) is 14.8 Å². The molecule has 1 aromatic carbocycles. The van der Waals surface area contributed by atoms with E-state index < -0.39 is 6.09 Å². The smallest absolute Gasteiger partial charge is 0.407 e. The van der Waals surface area contributed by atoms with Crippen molar-refractivity contribution in [3.8, 4) is 11.3 Å². The van der Waals surface area contributed by atoms with Crippen LogP contribution in [0.5, 0.6) is 0 Å². The number of benzene rings is 1. The maximum absolute atomic E-state index is 13.6. The molecule has 0 spiro atoms. The van der Waals surface area contributed by atoms with Crippen LogP contribution in [0, 0.1) is 11.8 Å². The van der Waals surface area contributed by atoms with E-state index in [9.17, 15) is 14.7 Å². The molecule has 1 saturated carbocycles. The minimum Gasteiger partial charge on any atom is -0.465 e. The standard InChI is InChI=1S/C33H42N6O4/c1-37-13-15-38(16-14-37)31-11-10-25(20-34-31)30-18-28(27-4-2-3-5-29(27)36-30)32(40)35-19-23-6-8-24(9-7-23)21-39(33(41)42)26-12-17-43-22-26/h2-5,10-11,18,20,23-24,26H,6-9,12-17,19,21-22H2,1H3,(H,35,40)(H,41,42)/t23-,24-,26-/m0/s1. The average Bonchev–Trinajstić information content (AvgIpc) is 3.57. The number of carboxylic acid groups (broad SMARTS) is 1. The molecule has 2 amide bonds. The number of hydrogen-bond donors (Lipinski definition) is 2. The van der Waals surface area contributed by atoms with Crippen molar-refractivity contribution >= 4 is 28.7 Å². The zero-order valence-corrected chi connectivity index (χ0v) is 25.0. The molecule has 2 aromatic heterocycles. The van der Waals surface area contributed by atoms with Gasteiger partial charge in [0.1, 0.15) is 5.82 Å². The van der Waals surface area contributed by atoms with Crippen molar-refractivity contribution in [2.45, 2.75) is 38.1 Å². The highest BCUT2D eigenvalue weighted by Crippen LogP contribution is 2.31. The lowest BCUT2D eigenvalue weighted by atomic mass is 9.81. The SMILES string of the molecule is CN1CCN(c2ccc(-c3cc(C(=O)NC[C@H]4CC[C@H](CN(C(=O)O)[C@H]5CCOC5)CC4)c4ccccc4n3)cn2)CC1. The van der Waals surface area contributed by atoms with Crippen LogP contribution in [0.15, 0.2) is 48.7 Å². The number of likely N-dealkylation sites (N-methyl/N-ethyl adjacent to an activating group) is 1. The summed E-state index contributed by atoms with van der Waals surface area (Å²) in [7, 11) is 2.14. The molecule has 3 fully saturated rings. The Morgan fingerprint density at radius 3 is 2.49 bits per heavy atom. The molecule has 43 heavy (non-hydrogen) atoms. The molecule has 0 unspecified atom stereocenters. The second kappa shape index (κ2) is 13.3. The average molecular weight is 587 g/mol. The van der Waals surface area contributed by atoms with Gasteiger partial charge in [0, 0.05) is 63.0 Å². The molecule has 6 rings (SSSR count). The molecule has 2 aliphatic heterocycles. The highest BCUT2D eigenvalue weighted by Gasteiger charge is 2.31. The fourth-order valence-electron chi connectivity index (χ4n) is 6.65. The Bertz CT molecular complexity index is 1410. The van der Waals surface area contributed by atoms with E-state index >= 15 is 0 Å². The number of carbonyl (C=O) groups is 2. The summed E-state index contributed by atoms with van der Waals surface area (Å²) in [6, 6.07) is 13.7. The Morgan fingerprint density at radius 2 is 1.79 bits per heavy atom. The Balaban J connectivity index is 1.09. The van der Waals surface area contributed by atoms with Gasteiger partial charge in [-0.3, -0.25) is 4.79 Å². The lowest BCUT2D eigenvalue weighted by molar-refractivity contribution is 0.0902. The Morgan fingerprint density at radius 1 is 1.02 bits per heavy atom. The summed E-state index contributed by atoms with van der Waals surface area (Å²) in [6.07, 6.45) is 5.68. The quantitative estimate of drug-likeness (QED) is 0.401. The van der Waals surface area contributed by atoms with Crippen molar-refractivity contribution in [3.63, 3.8) is 0 Å². The summed E-state index contributed by atoms with van der Waals surface area (Å²) in [4.78, 5) is 41.2. The van der Waals surface area contributed by atoms with E-state index in [-0.39, 0.29) is 11.9 Å². The molecule has 1 aliphatic carbocycles. The van der Waals surface area contributed by atoms with E-state index in [1.807, 2.05) is 48.7 Å². The highest BCUT2D eigenvalue weighted by atomic mass is 16.5. The van der Waals surface area contributed by atoms with Gasteiger partial charge in [-0.15, -0.1) is 0 Å². The van der Waals surface area contributed by atoms with Crippen LogP contribution >= 0.6 is 0 Å². The maximum Gasteiger partial charge on any atom is 0.407 e. The fraction of sp³-hybridized carbons (Fsp3) is 0.515. The van der Waals surface area contributed by atoms with Crippen LogP contribution in [0.25, 0.3) is 22.2 Å². The molecular weight excluding hydrogens is 544 g/mol. The molecule has 10 heteroatoms. The van der Waals surface area contributed by atoms with E-state index in [0.717, 1.165) is 86.3 Å². The topological polar surface area (TPSA) is 111 Å². The van der Waals surface area contributed by atoms with E-state index in [0.29, 0.717) is 43.7 Å². The van der Waals surface area contributed by atoms with Crippen LogP contribution in [0.4, 0.5) is 10.6 Å². The van der Waals surface area contributed by atoms with E-state index in [1.165, 1.54) is 0 Å². The van der Waals surface area contributed by atoms with Crippen molar-refractivity contribution in [1.82, 2.24) is 25.1 Å². The van der Waals surface area contributed by atoms with Crippen LogP contribution in [0.3, 0.4) is 0 Å². The molecule has 0 bridgehead atoms. The Labute approximate surface area is 253 Å². The number of piperazine rings is 1. The van der Waals surface area contributed by atoms with Crippen LogP contribution in [-0.2, 0) is 4.74 Å². The minimum absolute atomic E-state index is 0.0275. The van der Waals surface area contributed by atoms with Crippen LogP contribution in [0.1, 0.15) is 42.5 Å². The van der Waals surface area contributed by atoms with Crippen molar-refractivity contribution in [3.05, 3.63) is 54.2 Å². The minimum atomic E-state index is -0.851. The van der Waals surface area contributed by atoms with Gasteiger partial charge in [0.15, 0.2) is 0 Å². The second-order valence-corrected chi connectivity index (χ2v) is 12.3. The van der Waals surface area contributed by atoms with Gasteiger partial charge < -0.3 is 29.9 Å². The monoisotopic (exact) mass is 586 g/mol. The Kier molecular flexibility index (Phi) is 9.04. The Hall–Kier alpha value is -3.76. The summed E-state index contributed by atoms with van der Waals surface area (Å²) in [5.41, 5.74) is 3.02. The summed E-state index contributed by atoms with van der Waals surface area (Å²) in [5.74, 6) is 1.61. The van der Waals surface area contributed by atoms with Crippen molar-refractivity contribution in [2.24, 2.45) is 11.8 Å². The molecule has 3 aromatic rings. The number of fused-ring (bicyclic) bond motifs is 1. The van der Waals surface area contributed by atoms with Gasteiger partial charge in [-0.2, -0.15) is 0 Å². The molecule has 0 radical (unpaired) electrons. The predicted octanol–water partition coefficient (Wildman–Crippen LogP) is 4.35. The van der Waals surface area contributed by atoms with Crippen LogP contribution in [0.2, 0.25) is 0 Å². The lowest BCUT2D eigenvalue weighted by Crippen LogP contribution is -2.44. The number of rotatable bonds is 8. The summed E-state index contributed by atoms with van der Waals surface area (Å²) in [5, 5.41) is 13.8. The van der Waals surface area contributed by atoms with Crippen LogP contribution in [-0.4, -0.2) is 102 Å². The summed E-state index contributed by atoms with van der Waals surface area (Å²) in [6.45, 7) is 6.27. The summed E-state index contributed by atoms with van der Waals surface area (Å²) < 4.78 is 5.42. The van der Waals surface area contributed by atoms with E-state index in [2.05, 4.69) is 22.2 Å². The third kappa shape index (κ3) is 6.91. The van der Waals surface area contributed by atoms with Gasteiger partial charge in [0.25, 0.3) is 5.91 Å². The van der Waals surface area contributed by atoms with Gasteiger partial charge in [0.05, 0.1) is 29.4 Å². The van der Waals surface area contributed by atoms with Gasteiger partial charge in [-0.05, 0) is 75.3 Å².